The second-order valence-corrected chi connectivity index (χ2v) is 9.42. The summed E-state index contributed by atoms with van der Waals surface area (Å²) >= 11 is 1.37. The van der Waals surface area contributed by atoms with E-state index in [9.17, 15) is 9.59 Å². The maximum absolute atomic E-state index is 13.2. The van der Waals surface area contributed by atoms with Crippen LogP contribution in [0.2, 0.25) is 0 Å². The summed E-state index contributed by atoms with van der Waals surface area (Å²) in [5.41, 5.74) is 5.03. The average Bonchev–Trinajstić information content (AvgIpc) is 3.34. The second-order valence-electron chi connectivity index (χ2n) is 8.41. The summed E-state index contributed by atoms with van der Waals surface area (Å²) < 4.78 is 12.7. The molecule has 0 N–H and O–H groups in total. The molecule has 37 heavy (non-hydrogen) atoms. The van der Waals surface area contributed by atoms with Gasteiger partial charge in [0.2, 0.25) is 0 Å². The molecule has 0 atom stereocenters. The molecule has 0 saturated carbocycles. The maximum atomic E-state index is 13.2. The summed E-state index contributed by atoms with van der Waals surface area (Å²) in [6, 6.07) is 16.9. The molecule has 0 aliphatic carbocycles. The van der Waals surface area contributed by atoms with Crippen molar-refractivity contribution in [3.63, 3.8) is 0 Å². The van der Waals surface area contributed by atoms with E-state index < -0.39 is 0 Å². The van der Waals surface area contributed by atoms with Gasteiger partial charge in [0.25, 0.3) is 5.91 Å². The third-order valence-corrected chi connectivity index (χ3v) is 6.96. The number of thioether (sulfide) groups is 1. The number of aliphatic imine (C=N–C) groups is 1. The number of rotatable bonds is 8. The normalized spacial score (nSPS) is 15.6. The number of hydrogen-bond donors (Lipinski definition) is 0. The van der Waals surface area contributed by atoms with Crippen LogP contribution in [0.1, 0.15) is 48.1 Å². The van der Waals surface area contributed by atoms with Crippen molar-refractivity contribution in [2.75, 3.05) is 19.8 Å². The fraction of sp³-hybridized carbons (Fsp3) is 0.276. The van der Waals surface area contributed by atoms with Gasteiger partial charge in [-0.25, -0.2) is 9.79 Å². The summed E-state index contributed by atoms with van der Waals surface area (Å²) in [6.45, 7) is 11.1. The number of amidine groups is 1. The van der Waals surface area contributed by atoms with Crippen LogP contribution in [0.3, 0.4) is 0 Å². The molecule has 1 aliphatic rings. The molecule has 3 aromatic rings. The first-order valence-corrected chi connectivity index (χ1v) is 13.2. The van der Waals surface area contributed by atoms with Crippen LogP contribution in [0, 0.1) is 13.8 Å². The van der Waals surface area contributed by atoms with Gasteiger partial charge in [-0.1, -0.05) is 6.07 Å². The van der Waals surface area contributed by atoms with Crippen molar-refractivity contribution in [2.45, 2.75) is 34.6 Å². The smallest absolute Gasteiger partial charge is 0.338 e. The number of nitrogens with zero attached hydrogens (tertiary/aromatic N) is 3. The Morgan fingerprint density at radius 3 is 2.46 bits per heavy atom. The molecule has 192 valence electrons. The molecular formula is C29H31N3O4S. The number of carbonyl (C=O) groups excluding carboxylic acids is 2. The SMILES string of the molecule is CCOC(=O)c1cccc(-n2c(C)cc(/C=C3\SC(=Nc4ccc(OCC)cc4)N(CC)C3=O)c2C)c1. The molecule has 0 radical (unpaired) electrons. The topological polar surface area (TPSA) is 73.1 Å². The molecule has 0 bridgehead atoms. The fourth-order valence-corrected chi connectivity index (χ4v) is 5.28. The highest BCUT2D eigenvalue weighted by atomic mass is 32.2. The lowest BCUT2D eigenvalue weighted by atomic mass is 10.2. The van der Waals surface area contributed by atoms with E-state index in [4.69, 9.17) is 14.5 Å². The van der Waals surface area contributed by atoms with Crippen LogP contribution in [0.4, 0.5) is 5.69 Å². The van der Waals surface area contributed by atoms with Gasteiger partial charge >= 0.3 is 5.97 Å². The van der Waals surface area contributed by atoms with Gasteiger partial charge < -0.3 is 14.0 Å². The number of esters is 1. The lowest BCUT2D eigenvalue weighted by Crippen LogP contribution is -2.28. The Hall–Kier alpha value is -3.78. The maximum Gasteiger partial charge on any atom is 0.338 e. The number of amides is 1. The molecule has 1 amide bonds. The van der Waals surface area contributed by atoms with E-state index in [0.29, 0.717) is 35.4 Å². The molecule has 0 spiro atoms. The highest BCUT2D eigenvalue weighted by molar-refractivity contribution is 8.18. The summed E-state index contributed by atoms with van der Waals surface area (Å²) in [5.74, 6) is 0.380. The van der Waals surface area contributed by atoms with E-state index >= 15 is 0 Å². The third kappa shape index (κ3) is 5.64. The lowest BCUT2D eigenvalue weighted by Gasteiger charge is -2.12. The Balaban J connectivity index is 1.64. The Kier molecular flexibility index (Phi) is 8.18. The van der Waals surface area contributed by atoms with Gasteiger partial charge in [-0.15, -0.1) is 0 Å². The molecule has 1 aromatic heterocycles. The first-order valence-electron chi connectivity index (χ1n) is 12.4. The van der Waals surface area contributed by atoms with Gasteiger partial charge in [0.15, 0.2) is 5.17 Å². The van der Waals surface area contributed by atoms with E-state index in [0.717, 1.165) is 34.1 Å². The number of hydrogen-bond acceptors (Lipinski definition) is 6. The predicted octanol–water partition coefficient (Wildman–Crippen LogP) is 6.29. The number of ether oxygens (including phenoxy) is 2. The first kappa shape index (κ1) is 26.3. The molecule has 1 fully saturated rings. The Bertz CT molecular complexity index is 1370. The van der Waals surface area contributed by atoms with E-state index in [2.05, 4.69) is 4.57 Å². The number of carbonyl (C=O) groups is 2. The van der Waals surface area contributed by atoms with Crippen molar-refractivity contribution >= 4 is 40.6 Å². The van der Waals surface area contributed by atoms with Crippen LogP contribution in [-0.4, -0.2) is 46.3 Å². The lowest BCUT2D eigenvalue weighted by molar-refractivity contribution is -0.122. The van der Waals surface area contributed by atoms with E-state index in [1.54, 1.807) is 17.9 Å². The molecule has 2 heterocycles. The van der Waals surface area contributed by atoms with Crippen molar-refractivity contribution in [2.24, 2.45) is 4.99 Å². The summed E-state index contributed by atoms with van der Waals surface area (Å²) in [5, 5.41) is 0.652. The van der Waals surface area contributed by atoms with Gasteiger partial charge in [0, 0.05) is 23.6 Å². The van der Waals surface area contributed by atoms with Crippen molar-refractivity contribution in [1.29, 1.82) is 0 Å². The second kappa shape index (κ2) is 11.5. The van der Waals surface area contributed by atoms with Crippen molar-refractivity contribution in [3.05, 3.63) is 82.0 Å². The summed E-state index contributed by atoms with van der Waals surface area (Å²) in [4.78, 5) is 32.5. The minimum atomic E-state index is -0.346. The Labute approximate surface area is 221 Å². The average molecular weight is 518 g/mol. The van der Waals surface area contributed by atoms with Crippen molar-refractivity contribution < 1.29 is 19.1 Å². The van der Waals surface area contributed by atoms with Gasteiger partial charge in [0.1, 0.15) is 5.75 Å². The van der Waals surface area contributed by atoms with Crippen LogP contribution in [0.5, 0.6) is 5.75 Å². The zero-order valence-corrected chi connectivity index (χ0v) is 22.6. The molecule has 1 saturated heterocycles. The summed E-state index contributed by atoms with van der Waals surface area (Å²) in [7, 11) is 0. The molecule has 1 aliphatic heterocycles. The molecule has 8 heteroatoms. The van der Waals surface area contributed by atoms with Gasteiger partial charge in [-0.05, 0) is 107 Å². The van der Waals surface area contributed by atoms with Crippen LogP contribution < -0.4 is 4.74 Å². The first-order chi connectivity index (χ1) is 17.9. The largest absolute Gasteiger partial charge is 0.494 e. The Morgan fingerprint density at radius 1 is 1.03 bits per heavy atom. The molecular weight excluding hydrogens is 486 g/mol. The van der Waals surface area contributed by atoms with Crippen LogP contribution >= 0.6 is 11.8 Å². The van der Waals surface area contributed by atoms with Crippen molar-refractivity contribution in [3.8, 4) is 11.4 Å². The number of aryl methyl sites for hydroxylation is 1. The zero-order chi connectivity index (χ0) is 26.5. The van der Waals surface area contributed by atoms with E-state index in [1.165, 1.54) is 11.8 Å². The van der Waals surface area contributed by atoms with Gasteiger partial charge in [-0.3, -0.25) is 9.69 Å². The predicted molar refractivity (Wildman–Crippen MR) is 149 cm³/mol. The standard InChI is InChI=1S/C29H31N3O4S/c1-6-31-27(33)26(37-29(31)30-23-12-14-25(15-13-23)35-7-2)18-22-16-19(4)32(20(22)5)24-11-9-10-21(17-24)28(34)36-8-3/h9-18H,6-8H2,1-5H3/b26-18-,30-29?. The number of likely N-dealkylation sites (N-methyl/N-ethyl adjacent to an activating group) is 1. The molecule has 0 unspecified atom stereocenters. The minimum absolute atomic E-state index is 0.0636. The molecule has 7 nitrogen and oxygen atoms in total. The van der Waals surface area contributed by atoms with E-state index in [1.807, 2.05) is 82.3 Å². The van der Waals surface area contributed by atoms with Crippen LogP contribution in [0.25, 0.3) is 11.8 Å². The quantitative estimate of drug-likeness (QED) is 0.259. The highest BCUT2D eigenvalue weighted by Crippen LogP contribution is 2.35. The minimum Gasteiger partial charge on any atom is -0.494 e. The Morgan fingerprint density at radius 2 is 1.78 bits per heavy atom. The van der Waals surface area contributed by atoms with Crippen LogP contribution in [-0.2, 0) is 9.53 Å². The summed E-state index contributed by atoms with van der Waals surface area (Å²) in [6.07, 6.45) is 1.92. The molecule has 2 aromatic carbocycles. The monoisotopic (exact) mass is 517 g/mol. The third-order valence-electron chi connectivity index (χ3n) is 5.95. The van der Waals surface area contributed by atoms with Gasteiger partial charge in [-0.2, -0.15) is 0 Å². The van der Waals surface area contributed by atoms with Crippen LogP contribution in [0.15, 0.2) is 64.5 Å². The van der Waals surface area contributed by atoms with Gasteiger partial charge in [0.05, 0.1) is 29.4 Å². The van der Waals surface area contributed by atoms with E-state index in [-0.39, 0.29) is 11.9 Å². The van der Waals surface area contributed by atoms with Crippen molar-refractivity contribution in [1.82, 2.24) is 9.47 Å². The number of aromatic nitrogens is 1. The zero-order valence-electron chi connectivity index (χ0n) is 21.8. The molecule has 4 rings (SSSR count). The number of benzene rings is 2. The highest BCUT2D eigenvalue weighted by Gasteiger charge is 2.32. The fourth-order valence-electron chi connectivity index (χ4n) is 4.22.